The van der Waals surface area contributed by atoms with Gasteiger partial charge >= 0.3 is 6.03 Å². The van der Waals surface area contributed by atoms with E-state index in [9.17, 15) is 4.79 Å². The van der Waals surface area contributed by atoms with Gasteiger partial charge in [0.25, 0.3) is 0 Å². The van der Waals surface area contributed by atoms with E-state index in [1.54, 1.807) is 26.4 Å². The van der Waals surface area contributed by atoms with Crippen LogP contribution in [0.25, 0.3) is 0 Å². The van der Waals surface area contributed by atoms with Crippen LogP contribution < -0.4 is 25.4 Å². The van der Waals surface area contributed by atoms with Crippen molar-refractivity contribution >= 4 is 17.7 Å². The van der Waals surface area contributed by atoms with Gasteiger partial charge in [-0.05, 0) is 50.3 Å². The van der Waals surface area contributed by atoms with Crippen molar-refractivity contribution < 1.29 is 14.3 Å². The normalized spacial score (nSPS) is 18.8. The zero-order valence-electron chi connectivity index (χ0n) is 16.5. The third-order valence-corrected chi connectivity index (χ3v) is 4.75. The second kappa shape index (κ2) is 9.25. The lowest BCUT2D eigenvalue weighted by atomic mass is 9.93. The monoisotopic (exact) mass is 385 g/mol. The van der Waals surface area contributed by atoms with E-state index in [4.69, 9.17) is 9.47 Å². The SMILES string of the molecule is CNc1nccc(OC2CCC(NC(=O)Nc3cc(C)ccc3OC)CC2)n1. The molecule has 1 saturated carbocycles. The smallest absolute Gasteiger partial charge is 0.319 e. The first-order valence-corrected chi connectivity index (χ1v) is 9.47. The molecule has 3 N–H and O–H groups in total. The molecule has 2 amide bonds. The molecule has 0 radical (unpaired) electrons. The minimum atomic E-state index is -0.220. The van der Waals surface area contributed by atoms with Crippen LogP contribution in [0, 0.1) is 6.92 Å². The van der Waals surface area contributed by atoms with Gasteiger partial charge in [-0.3, -0.25) is 0 Å². The fourth-order valence-electron chi connectivity index (χ4n) is 3.29. The van der Waals surface area contributed by atoms with E-state index in [2.05, 4.69) is 25.9 Å². The average molecular weight is 385 g/mol. The zero-order valence-corrected chi connectivity index (χ0v) is 16.5. The van der Waals surface area contributed by atoms with Gasteiger partial charge in [0.15, 0.2) is 0 Å². The Morgan fingerprint density at radius 3 is 2.68 bits per heavy atom. The number of methoxy groups -OCH3 is 1. The number of hydrogen-bond donors (Lipinski definition) is 3. The Bertz CT molecular complexity index is 806. The summed E-state index contributed by atoms with van der Waals surface area (Å²) in [4.78, 5) is 20.7. The fraction of sp³-hybridized carbons (Fsp3) is 0.450. The molecule has 28 heavy (non-hydrogen) atoms. The van der Waals surface area contributed by atoms with Crippen molar-refractivity contribution in [2.24, 2.45) is 0 Å². The summed E-state index contributed by atoms with van der Waals surface area (Å²) in [7, 11) is 3.36. The van der Waals surface area contributed by atoms with Crippen molar-refractivity contribution in [3.8, 4) is 11.6 Å². The van der Waals surface area contributed by atoms with Crippen molar-refractivity contribution in [2.45, 2.75) is 44.8 Å². The van der Waals surface area contributed by atoms with E-state index in [1.165, 1.54) is 0 Å². The number of carbonyl (C=O) groups is 1. The molecular weight excluding hydrogens is 358 g/mol. The number of rotatable bonds is 6. The molecule has 0 unspecified atom stereocenters. The molecule has 0 saturated heterocycles. The van der Waals surface area contributed by atoms with E-state index < -0.39 is 0 Å². The van der Waals surface area contributed by atoms with Gasteiger partial charge in [0.1, 0.15) is 11.9 Å². The van der Waals surface area contributed by atoms with Gasteiger partial charge in [-0.2, -0.15) is 4.98 Å². The second-order valence-corrected chi connectivity index (χ2v) is 6.86. The van der Waals surface area contributed by atoms with E-state index in [1.807, 2.05) is 25.1 Å². The van der Waals surface area contributed by atoms with Crippen molar-refractivity contribution in [1.82, 2.24) is 15.3 Å². The first-order valence-electron chi connectivity index (χ1n) is 9.47. The molecule has 3 rings (SSSR count). The molecule has 0 atom stereocenters. The molecular formula is C20H27N5O3. The molecule has 1 heterocycles. The molecule has 0 aliphatic heterocycles. The summed E-state index contributed by atoms with van der Waals surface area (Å²) in [6, 6.07) is 7.34. The second-order valence-electron chi connectivity index (χ2n) is 6.86. The molecule has 1 aliphatic carbocycles. The first kappa shape index (κ1) is 19.7. The number of aromatic nitrogens is 2. The Morgan fingerprint density at radius 2 is 1.96 bits per heavy atom. The van der Waals surface area contributed by atoms with Gasteiger partial charge in [0.05, 0.1) is 12.8 Å². The van der Waals surface area contributed by atoms with E-state index in [-0.39, 0.29) is 18.2 Å². The molecule has 1 aliphatic rings. The summed E-state index contributed by atoms with van der Waals surface area (Å²) < 4.78 is 11.3. The molecule has 1 aromatic heterocycles. The Kier molecular flexibility index (Phi) is 6.52. The van der Waals surface area contributed by atoms with Crippen LogP contribution in [0.2, 0.25) is 0 Å². The summed E-state index contributed by atoms with van der Waals surface area (Å²) in [6.07, 6.45) is 5.19. The lowest BCUT2D eigenvalue weighted by Crippen LogP contribution is -2.41. The van der Waals surface area contributed by atoms with Gasteiger partial charge in [-0.1, -0.05) is 6.07 Å². The summed E-state index contributed by atoms with van der Waals surface area (Å²) in [5.41, 5.74) is 1.72. The minimum absolute atomic E-state index is 0.0950. The molecule has 1 aromatic carbocycles. The van der Waals surface area contributed by atoms with E-state index >= 15 is 0 Å². The predicted molar refractivity (Wildman–Crippen MR) is 108 cm³/mol. The van der Waals surface area contributed by atoms with Crippen LogP contribution in [0.1, 0.15) is 31.2 Å². The lowest BCUT2D eigenvalue weighted by molar-refractivity contribution is 0.135. The van der Waals surface area contributed by atoms with Crippen LogP contribution in [-0.4, -0.2) is 42.3 Å². The standard InChI is InChI=1S/C20H27N5O3/c1-13-4-9-17(27-3)16(12-13)24-20(26)23-14-5-7-15(8-6-14)28-18-10-11-22-19(21-2)25-18/h4,9-12,14-15H,5-8H2,1-3H3,(H,21,22,25)(H2,23,24,26). The van der Waals surface area contributed by atoms with Gasteiger partial charge in [-0.25, -0.2) is 9.78 Å². The number of nitrogens with one attached hydrogen (secondary N) is 3. The number of nitrogens with zero attached hydrogens (tertiary/aromatic N) is 2. The van der Waals surface area contributed by atoms with Crippen molar-refractivity contribution in [3.63, 3.8) is 0 Å². The van der Waals surface area contributed by atoms with Gasteiger partial charge in [0.2, 0.25) is 11.8 Å². The van der Waals surface area contributed by atoms with Crippen LogP contribution in [0.3, 0.4) is 0 Å². The Balaban J connectivity index is 1.47. The number of ether oxygens (including phenoxy) is 2. The topological polar surface area (TPSA) is 97.4 Å². The highest BCUT2D eigenvalue weighted by atomic mass is 16.5. The molecule has 0 spiro atoms. The Labute approximate surface area is 165 Å². The minimum Gasteiger partial charge on any atom is -0.495 e. The van der Waals surface area contributed by atoms with E-state index in [0.29, 0.717) is 23.3 Å². The van der Waals surface area contributed by atoms with Gasteiger partial charge < -0.3 is 25.4 Å². The maximum atomic E-state index is 12.4. The van der Waals surface area contributed by atoms with Gasteiger partial charge in [-0.15, -0.1) is 0 Å². The highest BCUT2D eigenvalue weighted by Crippen LogP contribution is 2.26. The number of hydrogen-bond acceptors (Lipinski definition) is 6. The largest absolute Gasteiger partial charge is 0.495 e. The number of urea groups is 1. The average Bonchev–Trinajstić information content (AvgIpc) is 2.70. The molecule has 0 bridgehead atoms. The number of carbonyl (C=O) groups excluding carboxylic acids is 1. The molecule has 8 nitrogen and oxygen atoms in total. The summed E-state index contributed by atoms with van der Waals surface area (Å²) >= 11 is 0. The fourth-order valence-corrected chi connectivity index (χ4v) is 3.29. The van der Waals surface area contributed by atoms with Crippen molar-refractivity contribution in [2.75, 3.05) is 24.8 Å². The van der Waals surface area contributed by atoms with Crippen LogP contribution in [0.15, 0.2) is 30.5 Å². The zero-order chi connectivity index (χ0) is 19.9. The molecule has 2 aromatic rings. The molecule has 8 heteroatoms. The first-order chi connectivity index (χ1) is 13.6. The third kappa shape index (κ3) is 5.25. The Morgan fingerprint density at radius 1 is 1.18 bits per heavy atom. The third-order valence-electron chi connectivity index (χ3n) is 4.75. The number of benzene rings is 1. The molecule has 150 valence electrons. The number of aryl methyl sites for hydroxylation is 1. The summed E-state index contributed by atoms with van der Waals surface area (Å²) in [6.45, 7) is 1.97. The molecule has 1 fully saturated rings. The number of amides is 2. The van der Waals surface area contributed by atoms with Crippen LogP contribution in [0.4, 0.5) is 16.4 Å². The Hall–Kier alpha value is -3.03. The number of anilines is 2. The predicted octanol–water partition coefficient (Wildman–Crippen LogP) is 3.35. The summed E-state index contributed by atoms with van der Waals surface area (Å²) in [5, 5.41) is 8.83. The van der Waals surface area contributed by atoms with Crippen molar-refractivity contribution in [3.05, 3.63) is 36.0 Å². The maximum absolute atomic E-state index is 12.4. The van der Waals surface area contributed by atoms with Crippen LogP contribution in [0.5, 0.6) is 11.6 Å². The van der Waals surface area contributed by atoms with E-state index in [0.717, 1.165) is 31.2 Å². The maximum Gasteiger partial charge on any atom is 0.319 e. The summed E-state index contributed by atoms with van der Waals surface area (Å²) in [5.74, 6) is 1.75. The van der Waals surface area contributed by atoms with Crippen molar-refractivity contribution in [1.29, 1.82) is 0 Å². The van der Waals surface area contributed by atoms with Crippen LogP contribution in [-0.2, 0) is 0 Å². The van der Waals surface area contributed by atoms with Crippen LogP contribution >= 0.6 is 0 Å². The highest BCUT2D eigenvalue weighted by Gasteiger charge is 2.24. The lowest BCUT2D eigenvalue weighted by Gasteiger charge is -2.29. The quantitative estimate of drug-likeness (QED) is 0.706. The van der Waals surface area contributed by atoms with Gasteiger partial charge in [0, 0.05) is 25.4 Å². The highest BCUT2D eigenvalue weighted by molar-refractivity contribution is 5.91.